The highest BCUT2D eigenvalue weighted by Crippen LogP contribution is 2.36. The van der Waals surface area contributed by atoms with E-state index in [2.05, 4.69) is 15.6 Å². The van der Waals surface area contributed by atoms with E-state index in [1.807, 2.05) is 36.6 Å². The molecule has 2 aromatic carbocycles. The van der Waals surface area contributed by atoms with Gasteiger partial charge in [0.25, 0.3) is 0 Å². The van der Waals surface area contributed by atoms with Crippen molar-refractivity contribution < 1.29 is 18.0 Å². The van der Waals surface area contributed by atoms with Crippen molar-refractivity contribution in [3.63, 3.8) is 0 Å². The second-order valence-corrected chi connectivity index (χ2v) is 7.60. The number of alkyl halides is 3. The smallest absolute Gasteiger partial charge is 0.334 e. The first-order valence-corrected chi connectivity index (χ1v) is 10.4. The van der Waals surface area contributed by atoms with Crippen LogP contribution in [0.4, 0.5) is 23.7 Å². The van der Waals surface area contributed by atoms with E-state index in [9.17, 15) is 18.0 Å². The molecule has 0 aliphatic rings. The Bertz CT molecular complexity index is 1060. The lowest BCUT2D eigenvalue weighted by Gasteiger charge is -2.12. The molecular formula is C21H17ClF3N3OS. The van der Waals surface area contributed by atoms with Crippen molar-refractivity contribution in [3.8, 4) is 11.1 Å². The highest BCUT2D eigenvalue weighted by molar-refractivity contribution is 7.98. The summed E-state index contributed by atoms with van der Waals surface area (Å²) in [5.74, 6) is 0. The largest absolute Gasteiger partial charge is 0.417 e. The van der Waals surface area contributed by atoms with E-state index in [4.69, 9.17) is 11.6 Å². The summed E-state index contributed by atoms with van der Waals surface area (Å²) in [7, 11) is 0. The van der Waals surface area contributed by atoms with Crippen LogP contribution in [-0.2, 0) is 12.7 Å². The molecule has 0 saturated heterocycles. The minimum absolute atomic E-state index is 0.00192. The number of carbonyl (C=O) groups is 1. The van der Waals surface area contributed by atoms with Gasteiger partial charge < -0.3 is 10.6 Å². The molecule has 0 radical (unpaired) electrons. The number of nitrogens with one attached hydrogen (secondary N) is 2. The Hall–Kier alpha value is -2.71. The molecule has 2 amide bonds. The Morgan fingerprint density at radius 3 is 2.63 bits per heavy atom. The normalized spacial score (nSPS) is 11.2. The summed E-state index contributed by atoms with van der Waals surface area (Å²) >= 11 is 7.18. The Balaban J connectivity index is 1.65. The Morgan fingerprint density at radius 2 is 1.90 bits per heavy atom. The number of halogens is 4. The van der Waals surface area contributed by atoms with Crippen molar-refractivity contribution in [1.29, 1.82) is 0 Å². The second kappa shape index (κ2) is 9.40. The van der Waals surface area contributed by atoms with Crippen LogP contribution in [0.3, 0.4) is 0 Å². The van der Waals surface area contributed by atoms with Crippen LogP contribution in [0.25, 0.3) is 11.1 Å². The van der Waals surface area contributed by atoms with Gasteiger partial charge in [0, 0.05) is 35.1 Å². The van der Waals surface area contributed by atoms with Gasteiger partial charge >= 0.3 is 12.2 Å². The van der Waals surface area contributed by atoms with Gasteiger partial charge in [0.05, 0.1) is 10.6 Å². The highest BCUT2D eigenvalue weighted by atomic mass is 35.5. The fourth-order valence-corrected chi connectivity index (χ4v) is 3.36. The van der Waals surface area contributed by atoms with Gasteiger partial charge in [-0.15, -0.1) is 11.8 Å². The number of urea groups is 1. The van der Waals surface area contributed by atoms with Gasteiger partial charge in [-0.1, -0.05) is 29.8 Å². The molecule has 9 heteroatoms. The fraction of sp³-hybridized carbons (Fsp3) is 0.143. The number of anilines is 1. The number of pyridine rings is 1. The molecule has 0 aliphatic heterocycles. The number of hydrogen-bond donors (Lipinski definition) is 2. The van der Waals surface area contributed by atoms with Crippen LogP contribution >= 0.6 is 23.4 Å². The SMILES string of the molecule is CSc1cncc(-c2cccc(CNC(=O)Nc3ccc(Cl)c(C(F)(F)F)c3)c2)c1. The van der Waals surface area contributed by atoms with Crippen LogP contribution in [0.2, 0.25) is 5.02 Å². The lowest BCUT2D eigenvalue weighted by Crippen LogP contribution is -2.28. The average Bonchev–Trinajstić information content (AvgIpc) is 2.73. The minimum atomic E-state index is -4.60. The quantitative estimate of drug-likeness (QED) is 0.437. The monoisotopic (exact) mass is 451 g/mol. The molecule has 0 bridgehead atoms. The van der Waals surface area contributed by atoms with Crippen LogP contribution in [0.5, 0.6) is 0 Å². The van der Waals surface area contributed by atoms with Crippen LogP contribution < -0.4 is 10.6 Å². The first kappa shape index (κ1) is 22.0. The molecule has 1 aromatic heterocycles. The molecule has 156 valence electrons. The number of thioether (sulfide) groups is 1. The first-order chi connectivity index (χ1) is 14.3. The van der Waals surface area contributed by atoms with Crippen LogP contribution in [-0.4, -0.2) is 17.3 Å². The predicted molar refractivity (Wildman–Crippen MR) is 114 cm³/mol. The Kier molecular flexibility index (Phi) is 6.89. The number of carbonyl (C=O) groups excluding carboxylic acids is 1. The van der Waals surface area contributed by atoms with E-state index in [0.717, 1.165) is 33.7 Å². The summed E-state index contributed by atoms with van der Waals surface area (Å²) < 4.78 is 38.8. The van der Waals surface area contributed by atoms with E-state index in [0.29, 0.717) is 0 Å². The third-order valence-electron chi connectivity index (χ3n) is 4.19. The van der Waals surface area contributed by atoms with Gasteiger partial charge in [0.2, 0.25) is 0 Å². The van der Waals surface area contributed by atoms with Crippen molar-refractivity contribution in [3.05, 3.63) is 77.1 Å². The number of nitrogens with zero attached hydrogens (tertiary/aromatic N) is 1. The highest BCUT2D eigenvalue weighted by Gasteiger charge is 2.33. The average molecular weight is 452 g/mol. The first-order valence-electron chi connectivity index (χ1n) is 8.76. The van der Waals surface area contributed by atoms with Gasteiger partial charge in [-0.3, -0.25) is 4.98 Å². The topological polar surface area (TPSA) is 54.0 Å². The Morgan fingerprint density at radius 1 is 1.10 bits per heavy atom. The number of rotatable bonds is 5. The van der Waals surface area contributed by atoms with E-state index >= 15 is 0 Å². The molecule has 2 N–H and O–H groups in total. The molecule has 3 aromatic rings. The lowest BCUT2D eigenvalue weighted by molar-refractivity contribution is -0.137. The lowest BCUT2D eigenvalue weighted by atomic mass is 10.0. The molecule has 30 heavy (non-hydrogen) atoms. The van der Waals surface area contributed by atoms with Crippen molar-refractivity contribution in [2.24, 2.45) is 0 Å². The standard InChI is InChI=1S/C21H17ClF3N3OS/c1-30-17-8-15(11-26-12-17)14-4-2-3-13(7-14)10-27-20(29)28-16-5-6-19(22)18(9-16)21(23,24)25/h2-9,11-12H,10H2,1H3,(H2,27,28,29). The zero-order valence-corrected chi connectivity index (χ0v) is 17.3. The molecule has 0 atom stereocenters. The maximum atomic E-state index is 12.9. The maximum absolute atomic E-state index is 12.9. The summed E-state index contributed by atoms with van der Waals surface area (Å²) in [6.07, 6.45) is 0.912. The molecular weight excluding hydrogens is 435 g/mol. The van der Waals surface area contributed by atoms with Gasteiger partial charge in [0.1, 0.15) is 0 Å². The van der Waals surface area contributed by atoms with E-state index in [-0.39, 0.29) is 12.2 Å². The predicted octanol–water partition coefficient (Wildman–Crippen LogP) is 6.46. The van der Waals surface area contributed by atoms with Gasteiger partial charge in [0.15, 0.2) is 0 Å². The molecule has 1 heterocycles. The van der Waals surface area contributed by atoms with Crippen molar-refractivity contribution >= 4 is 35.1 Å². The zero-order valence-electron chi connectivity index (χ0n) is 15.8. The molecule has 3 rings (SSSR count). The maximum Gasteiger partial charge on any atom is 0.417 e. The van der Waals surface area contributed by atoms with E-state index in [1.165, 1.54) is 6.07 Å². The third kappa shape index (κ3) is 5.67. The fourth-order valence-electron chi connectivity index (χ4n) is 2.73. The van der Waals surface area contributed by atoms with Crippen molar-refractivity contribution in [2.75, 3.05) is 11.6 Å². The van der Waals surface area contributed by atoms with E-state index < -0.39 is 22.8 Å². The molecule has 0 aliphatic carbocycles. The number of aromatic nitrogens is 1. The van der Waals surface area contributed by atoms with Gasteiger partial charge in [-0.05, 0) is 47.7 Å². The third-order valence-corrected chi connectivity index (χ3v) is 5.22. The minimum Gasteiger partial charge on any atom is -0.334 e. The molecule has 4 nitrogen and oxygen atoms in total. The van der Waals surface area contributed by atoms with Gasteiger partial charge in [-0.2, -0.15) is 13.2 Å². The molecule has 0 fully saturated rings. The van der Waals surface area contributed by atoms with Crippen molar-refractivity contribution in [1.82, 2.24) is 10.3 Å². The molecule has 0 saturated carbocycles. The van der Waals surface area contributed by atoms with Crippen LogP contribution in [0.1, 0.15) is 11.1 Å². The number of benzene rings is 2. The second-order valence-electron chi connectivity index (χ2n) is 6.31. The number of hydrogen-bond acceptors (Lipinski definition) is 3. The molecule has 0 spiro atoms. The Labute approximate surface area is 180 Å². The van der Waals surface area contributed by atoms with Crippen LogP contribution in [0.15, 0.2) is 65.8 Å². The van der Waals surface area contributed by atoms with E-state index in [1.54, 1.807) is 24.2 Å². The summed E-state index contributed by atoms with van der Waals surface area (Å²) in [4.78, 5) is 17.4. The van der Waals surface area contributed by atoms with Gasteiger partial charge in [-0.25, -0.2) is 4.79 Å². The van der Waals surface area contributed by atoms with Crippen molar-refractivity contribution in [2.45, 2.75) is 17.6 Å². The summed E-state index contributed by atoms with van der Waals surface area (Å²) in [6.45, 7) is 0.203. The summed E-state index contributed by atoms with van der Waals surface area (Å²) in [5.41, 5.74) is 1.73. The molecule has 0 unspecified atom stereocenters. The van der Waals surface area contributed by atoms with Crippen LogP contribution in [0, 0.1) is 0 Å². The zero-order chi connectivity index (χ0) is 21.7. The number of amides is 2. The summed E-state index contributed by atoms with van der Waals surface area (Å²) in [6, 6.07) is 12.2. The summed E-state index contributed by atoms with van der Waals surface area (Å²) in [5, 5.41) is 4.60.